The molecule has 2 rings (SSSR count). The van der Waals surface area contributed by atoms with E-state index in [0.717, 1.165) is 31.2 Å². The number of hydrogen-bond acceptors (Lipinski definition) is 3. The van der Waals surface area contributed by atoms with Crippen LogP contribution >= 0.6 is 0 Å². The number of rotatable bonds is 5. The number of esters is 1. The summed E-state index contributed by atoms with van der Waals surface area (Å²) in [6, 6.07) is 12.1. The van der Waals surface area contributed by atoms with Gasteiger partial charge < -0.3 is 4.74 Å². The van der Waals surface area contributed by atoms with E-state index in [0.29, 0.717) is 13.0 Å². The van der Waals surface area contributed by atoms with Crippen LogP contribution < -0.4 is 0 Å². The zero-order valence-electron chi connectivity index (χ0n) is 12.7. The van der Waals surface area contributed by atoms with Gasteiger partial charge >= 0.3 is 5.97 Å². The fraction of sp³-hybridized carbons (Fsp3) is 0.556. The molecule has 0 bridgehead atoms. The first-order valence-electron chi connectivity index (χ1n) is 7.85. The van der Waals surface area contributed by atoms with Gasteiger partial charge in [0.2, 0.25) is 0 Å². The fourth-order valence-electron chi connectivity index (χ4n) is 3.33. The molecule has 21 heavy (non-hydrogen) atoms. The molecule has 1 aliphatic carbocycles. The second-order valence-electron chi connectivity index (χ2n) is 5.80. The molecule has 1 saturated carbocycles. The molecule has 0 heterocycles. The first kappa shape index (κ1) is 15.6. The highest BCUT2D eigenvalue weighted by Gasteiger charge is 2.47. The Morgan fingerprint density at radius 2 is 1.95 bits per heavy atom. The van der Waals surface area contributed by atoms with Gasteiger partial charge in [-0.05, 0) is 31.2 Å². The molecule has 3 nitrogen and oxygen atoms in total. The number of nitrogens with zero attached hydrogens (tertiary/aromatic N) is 1. The molecule has 1 atom stereocenters. The summed E-state index contributed by atoms with van der Waals surface area (Å²) >= 11 is 0. The molecule has 1 aliphatic rings. The van der Waals surface area contributed by atoms with Gasteiger partial charge in [0.15, 0.2) is 5.41 Å². The van der Waals surface area contributed by atoms with Crippen molar-refractivity contribution in [2.75, 3.05) is 6.61 Å². The lowest BCUT2D eigenvalue weighted by molar-refractivity contribution is -0.155. The smallest absolute Gasteiger partial charge is 0.327 e. The molecular weight excluding hydrogens is 262 g/mol. The van der Waals surface area contributed by atoms with Crippen LogP contribution in [-0.2, 0) is 16.0 Å². The van der Waals surface area contributed by atoms with Crippen molar-refractivity contribution in [1.29, 1.82) is 5.26 Å². The summed E-state index contributed by atoms with van der Waals surface area (Å²) in [5.74, 6) is -0.237. The Bertz CT molecular complexity index is 500. The molecular formula is C18H23NO2. The molecule has 0 radical (unpaired) electrons. The molecule has 1 fully saturated rings. The van der Waals surface area contributed by atoms with Gasteiger partial charge in [0.25, 0.3) is 0 Å². The summed E-state index contributed by atoms with van der Waals surface area (Å²) in [6.45, 7) is 2.12. The zero-order valence-corrected chi connectivity index (χ0v) is 12.7. The van der Waals surface area contributed by atoms with Crippen LogP contribution in [0.15, 0.2) is 30.3 Å². The van der Waals surface area contributed by atoms with Gasteiger partial charge in [0.1, 0.15) is 0 Å². The third-order valence-electron chi connectivity index (χ3n) is 4.47. The van der Waals surface area contributed by atoms with Crippen molar-refractivity contribution >= 4 is 5.97 Å². The minimum atomic E-state index is -1.03. The Balaban J connectivity index is 2.31. The van der Waals surface area contributed by atoms with Crippen LogP contribution in [0.3, 0.4) is 0 Å². The Labute approximate surface area is 126 Å². The van der Waals surface area contributed by atoms with E-state index in [1.54, 1.807) is 6.92 Å². The van der Waals surface area contributed by atoms with E-state index >= 15 is 0 Å². The summed E-state index contributed by atoms with van der Waals surface area (Å²) in [6.07, 6.45) is 5.74. The van der Waals surface area contributed by atoms with Crippen LogP contribution in [0.4, 0.5) is 0 Å². The number of hydrogen-bond donors (Lipinski definition) is 0. The summed E-state index contributed by atoms with van der Waals surface area (Å²) < 4.78 is 5.26. The number of nitriles is 1. The summed E-state index contributed by atoms with van der Waals surface area (Å²) in [5.41, 5.74) is -0.00435. The van der Waals surface area contributed by atoms with Crippen molar-refractivity contribution in [1.82, 2.24) is 0 Å². The second-order valence-corrected chi connectivity index (χ2v) is 5.80. The highest BCUT2D eigenvalue weighted by Crippen LogP contribution is 2.41. The van der Waals surface area contributed by atoms with Crippen molar-refractivity contribution in [3.05, 3.63) is 35.9 Å². The Kier molecular flexibility index (Phi) is 5.38. The van der Waals surface area contributed by atoms with Gasteiger partial charge in [-0.15, -0.1) is 0 Å². The van der Waals surface area contributed by atoms with Crippen LogP contribution in [0.25, 0.3) is 0 Å². The molecule has 1 aromatic rings. The van der Waals surface area contributed by atoms with Crippen molar-refractivity contribution in [2.45, 2.75) is 45.4 Å². The SMILES string of the molecule is CCOC(=O)C(C#N)(Cc1ccccc1)C1CCCCC1. The molecule has 0 N–H and O–H groups in total. The number of carbonyl (C=O) groups excluding carboxylic acids is 1. The van der Waals surface area contributed by atoms with Crippen LogP contribution in [0.1, 0.15) is 44.6 Å². The van der Waals surface area contributed by atoms with Gasteiger partial charge in [0.05, 0.1) is 12.7 Å². The summed E-state index contributed by atoms with van der Waals surface area (Å²) in [5, 5.41) is 9.84. The zero-order chi connectivity index (χ0) is 15.1. The first-order valence-corrected chi connectivity index (χ1v) is 7.85. The molecule has 3 heteroatoms. The maximum Gasteiger partial charge on any atom is 0.327 e. The van der Waals surface area contributed by atoms with Gasteiger partial charge in [-0.1, -0.05) is 49.6 Å². The van der Waals surface area contributed by atoms with Gasteiger partial charge in [-0.2, -0.15) is 5.26 Å². The lowest BCUT2D eigenvalue weighted by Gasteiger charge is -2.35. The van der Waals surface area contributed by atoms with Gasteiger partial charge in [0, 0.05) is 6.42 Å². The monoisotopic (exact) mass is 285 g/mol. The Morgan fingerprint density at radius 1 is 1.29 bits per heavy atom. The highest BCUT2D eigenvalue weighted by molar-refractivity contribution is 5.81. The topological polar surface area (TPSA) is 50.1 Å². The van der Waals surface area contributed by atoms with Gasteiger partial charge in [-0.25, -0.2) is 0 Å². The molecule has 1 unspecified atom stereocenters. The van der Waals surface area contributed by atoms with E-state index in [-0.39, 0.29) is 11.9 Å². The Morgan fingerprint density at radius 3 is 2.52 bits per heavy atom. The minimum absolute atomic E-state index is 0.107. The third-order valence-corrected chi connectivity index (χ3v) is 4.47. The van der Waals surface area contributed by atoms with Gasteiger partial charge in [-0.3, -0.25) is 4.79 Å². The third kappa shape index (κ3) is 3.44. The van der Waals surface area contributed by atoms with Crippen LogP contribution in [0.5, 0.6) is 0 Å². The van der Waals surface area contributed by atoms with E-state index in [2.05, 4.69) is 6.07 Å². The minimum Gasteiger partial charge on any atom is -0.465 e. The quantitative estimate of drug-likeness (QED) is 0.771. The predicted molar refractivity (Wildman–Crippen MR) is 81.4 cm³/mol. The van der Waals surface area contributed by atoms with Crippen molar-refractivity contribution in [3.8, 4) is 6.07 Å². The first-order chi connectivity index (χ1) is 10.2. The maximum atomic E-state index is 12.6. The van der Waals surface area contributed by atoms with Crippen LogP contribution in [0.2, 0.25) is 0 Å². The predicted octanol–water partition coefficient (Wildman–Crippen LogP) is 3.88. The molecule has 1 aromatic carbocycles. The van der Waals surface area contributed by atoms with Crippen molar-refractivity contribution in [2.24, 2.45) is 11.3 Å². The standard InChI is InChI=1S/C18H23NO2/c1-2-21-17(20)18(14-19,16-11-7-4-8-12-16)13-15-9-5-3-6-10-15/h3,5-6,9-10,16H,2,4,7-8,11-13H2,1H3. The number of benzene rings is 1. The normalized spacial score (nSPS) is 18.5. The fourth-order valence-corrected chi connectivity index (χ4v) is 3.33. The van der Waals surface area contributed by atoms with Crippen molar-refractivity contribution in [3.63, 3.8) is 0 Å². The lowest BCUT2D eigenvalue weighted by Crippen LogP contribution is -2.42. The molecule has 0 aromatic heterocycles. The largest absolute Gasteiger partial charge is 0.465 e. The van der Waals surface area contributed by atoms with E-state index in [1.807, 2.05) is 30.3 Å². The van der Waals surface area contributed by atoms with Crippen LogP contribution in [-0.4, -0.2) is 12.6 Å². The number of carbonyl (C=O) groups is 1. The second kappa shape index (κ2) is 7.26. The van der Waals surface area contributed by atoms with E-state index in [9.17, 15) is 10.1 Å². The maximum absolute atomic E-state index is 12.6. The molecule has 0 spiro atoms. The van der Waals surface area contributed by atoms with Crippen LogP contribution in [0, 0.1) is 22.7 Å². The van der Waals surface area contributed by atoms with Crippen molar-refractivity contribution < 1.29 is 9.53 Å². The van der Waals surface area contributed by atoms with E-state index in [4.69, 9.17) is 4.74 Å². The van der Waals surface area contributed by atoms with E-state index < -0.39 is 5.41 Å². The lowest BCUT2D eigenvalue weighted by atomic mass is 9.66. The summed E-state index contributed by atoms with van der Waals surface area (Å²) in [7, 11) is 0. The number of ether oxygens (including phenoxy) is 1. The highest BCUT2D eigenvalue weighted by atomic mass is 16.5. The summed E-state index contributed by atoms with van der Waals surface area (Å²) in [4.78, 5) is 12.6. The average molecular weight is 285 g/mol. The molecule has 0 aliphatic heterocycles. The molecule has 0 saturated heterocycles. The van der Waals surface area contributed by atoms with E-state index in [1.165, 1.54) is 6.42 Å². The molecule has 0 amide bonds. The Hall–Kier alpha value is -1.82. The average Bonchev–Trinajstić information content (AvgIpc) is 2.54. The molecule has 112 valence electrons.